The Morgan fingerprint density at radius 3 is 2.63 bits per heavy atom. The third-order valence-electron chi connectivity index (χ3n) is 6.36. The number of likely N-dealkylation sites (tertiary alicyclic amines) is 1. The van der Waals surface area contributed by atoms with Gasteiger partial charge in [-0.05, 0) is 54.3 Å². The zero-order chi connectivity index (χ0) is 24.5. The number of carbonyl (C=O) groups excluding carboxylic acids is 1. The molecule has 4 aromatic rings. The zero-order valence-electron chi connectivity index (χ0n) is 19.1. The van der Waals surface area contributed by atoms with Crippen molar-refractivity contribution >= 4 is 45.3 Å². The molecule has 2 aromatic carbocycles. The minimum Gasteiger partial charge on any atom is -0.480 e. The number of thioether (sulfide) groups is 1. The SMILES string of the molecule is CCn1c(S[C@H](C(=O)N2CCC[C@@H]2C(=O)O)c2cccnc2)nc2cc3ccccc3cc2c1=O. The van der Waals surface area contributed by atoms with Crippen LogP contribution in [0.2, 0.25) is 0 Å². The molecule has 1 aliphatic rings. The van der Waals surface area contributed by atoms with Gasteiger partial charge in [-0.3, -0.25) is 19.1 Å². The molecule has 1 aliphatic heterocycles. The maximum absolute atomic E-state index is 13.7. The second-order valence-electron chi connectivity index (χ2n) is 8.47. The standard InChI is InChI=1S/C26H24N4O4S/c1-2-29-23(31)19-13-16-7-3-4-8-17(16)14-20(19)28-26(29)35-22(18-9-5-11-27-15-18)24(32)30-12-6-10-21(30)25(33)34/h3-5,7-9,11,13-15,21-22H,2,6,10,12H2,1H3,(H,33,34)/t21-,22+/m1/s1. The number of pyridine rings is 1. The molecule has 9 heteroatoms. The Hall–Kier alpha value is -3.72. The highest BCUT2D eigenvalue weighted by atomic mass is 32.2. The molecule has 178 valence electrons. The van der Waals surface area contributed by atoms with Gasteiger partial charge in [0.25, 0.3) is 5.56 Å². The molecular formula is C26H24N4O4S. The van der Waals surface area contributed by atoms with Crippen molar-refractivity contribution in [1.82, 2.24) is 19.4 Å². The monoisotopic (exact) mass is 488 g/mol. The summed E-state index contributed by atoms with van der Waals surface area (Å²) in [7, 11) is 0. The lowest BCUT2D eigenvalue weighted by Gasteiger charge is -2.27. The first-order valence-corrected chi connectivity index (χ1v) is 12.4. The number of rotatable bonds is 6. The Labute approximate surface area is 205 Å². The number of amides is 1. The van der Waals surface area contributed by atoms with E-state index in [9.17, 15) is 19.5 Å². The van der Waals surface area contributed by atoms with E-state index in [-0.39, 0.29) is 11.5 Å². The summed E-state index contributed by atoms with van der Waals surface area (Å²) in [5, 5.41) is 11.7. The summed E-state index contributed by atoms with van der Waals surface area (Å²) < 4.78 is 1.57. The summed E-state index contributed by atoms with van der Waals surface area (Å²) in [5.41, 5.74) is 1.02. The highest BCUT2D eigenvalue weighted by Gasteiger charge is 2.38. The van der Waals surface area contributed by atoms with Crippen molar-refractivity contribution in [2.45, 2.75) is 42.8 Å². The molecule has 0 unspecified atom stereocenters. The predicted molar refractivity (Wildman–Crippen MR) is 134 cm³/mol. The van der Waals surface area contributed by atoms with E-state index in [4.69, 9.17) is 4.98 Å². The van der Waals surface area contributed by atoms with Crippen molar-refractivity contribution < 1.29 is 14.7 Å². The van der Waals surface area contributed by atoms with Gasteiger partial charge in [-0.1, -0.05) is 42.1 Å². The molecule has 35 heavy (non-hydrogen) atoms. The second-order valence-corrected chi connectivity index (χ2v) is 9.54. The van der Waals surface area contributed by atoms with Gasteiger partial charge in [0, 0.05) is 25.5 Å². The fourth-order valence-corrected chi connectivity index (χ4v) is 5.80. The number of aromatic nitrogens is 3. The van der Waals surface area contributed by atoms with Gasteiger partial charge in [-0.25, -0.2) is 9.78 Å². The average molecular weight is 489 g/mol. The lowest BCUT2D eigenvalue weighted by atomic mass is 10.1. The Kier molecular flexibility index (Phi) is 6.25. The molecule has 2 atom stereocenters. The maximum Gasteiger partial charge on any atom is 0.326 e. The molecule has 1 saturated heterocycles. The third kappa shape index (κ3) is 4.27. The molecule has 0 aliphatic carbocycles. The van der Waals surface area contributed by atoms with Crippen molar-refractivity contribution in [1.29, 1.82) is 0 Å². The van der Waals surface area contributed by atoms with Crippen LogP contribution in [0.4, 0.5) is 0 Å². The first-order valence-electron chi connectivity index (χ1n) is 11.5. The summed E-state index contributed by atoms with van der Waals surface area (Å²) in [4.78, 5) is 49.3. The Bertz CT molecular complexity index is 1490. The summed E-state index contributed by atoms with van der Waals surface area (Å²) in [6, 6.07) is 14.2. The minimum atomic E-state index is -1.01. The van der Waals surface area contributed by atoms with Crippen LogP contribution in [0.15, 0.2) is 70.9 Å². The summed E-state index contributed by atoms with van der Waals surface area (Å²) in [6.45, 7) is 2.62. The first-order chi connectivity index (χ1) is 17.0. The second kappa shape index (κ2) is 9.50. The molecule has 0 saturated carbocycles. The van der Waals surface area contributed by atoms with Crippen LogP contribution in [0.3, 0.4) is 0 Å². The number of carbonyl (C=O) groups is 2. The highest BCUT2D eigenvalue weighted by Crippen LogP contribution is 2.37. The van der Waals surface area contributed by atoms with Crippen LogP contribution >= 0.6 is 11.8 Å². The quantitative estimate of drug-likeness (QED) is 0.249. The molecule has 1 N–H and O–H groups in total. The molecule has 0 spiro atoms. The normalized spacial score (nSPS) is 16.6. The van der Waals surface area contributed by atoms with Crippen LogP contribution in [-0.4, -0.2) is 49.0 Å². The van der Waals surface area contributed by atoms with Gasteiger partial charge < -0.3 is 10.0 Å². The predicted octanol–water partition coefficient (Wildman–Crippen LogP) is 3.87. The summed E-state index contributed by atoms with van der Waals surface area (Å²) >= 11 is 1.16. The number of aliphatic carboxylic acids is 1. The fraction of sp³-hybridized carbons (Fsp3) is 0.269. The van der Waals surface area contributed by atoms with Crippen LogP contribution in [0.1, 0.15) is 30.6 Å². The van der Waals surface area contributed by atoms with E-state index in [1.807, 2.05) is 43.3 Å². The van der Waals surface area contributed by atoms with Gasteiger partial charge in [0.15, 0.2) is 5.16 Å². The van der Waals surface area contributed by atoms with Crippen LogP contribution in [0, 0.1) is 0 Å². The smallest absolute Gasteiger partial charge is 0.326 e. The average Bonchev–Trinajstić information content (AvgIpc) is 3.37. The summed E-state index contributed by atoms with van der Waals surface area (Å²) in [5.74, 6) is -1.32. The van der Waals surface area contributed by atoms with Gasteiger partial charge >= 0.3 is 5.97 Å². The number of hydrogen-bond donors (Lipinski definition) is 1. The number of carboxylic acid groups (broad SMARTS) is 1. The Morgan fingerprint density at radius 2 is 1.94 bits per heavy atom. The lowest BCUT2D eigenvalue weighted by Crippen LogP contribution is -2.42. The lowest BCUT2D eigenvalue weighted by molar-refractivity contribution is -0.148. The van der Waals surface area contributed by atoms with Gasteiger partial charge in [0.2, 0.25) is 5.91 Å². The molecule has 0 bridgehead atoms. The highest BCUT2D eigenvalue weighted by molar-refractivity contribution is 8.00. The minimum absolute atomic E-state index is 0.173. The molecular weight excluding hydrogens is 464 g/mol. The molecule has 3 heterocycles. The van der Waals surface area contributed by atoms with Gasteiger partial charge in [0.1, 0.15) is 11.3 Å². The van der Waals surface area contributed by atoms with Crippen LogP contribution < -0.4 is 5.56 Å². The Balaban J connectivity index is 1.62. The Morgan fingerprint density at radius 1 is 1.17 bits per heavy atom. The van der Waals surface area contributed by atoms with E-state index in [2.05, 4.69) is 4.98 Å². The number of benzene rings is 2. The van der Waals surface area contributed by atoms with E-state index in [1.54, 1.807) is 29.1 Å². The topological polar surface area (TPSA) is 105 Å². The largest absolute Gasteiger partial charge is 0.480 e. The van der Waals surface area contributed by atoms with E-state index >= 15 is 0 Å². The molecule has 1 amide bonds. The molecule has 1 fully saturated rings. The summed E-state index contributed by atoms with van der Waals surface area (Å²) in [6.07, 6.45) is 4.28. The van der Waals surface area contributed by atoms with Crippen molar-refractivity contribution in [3.05, 3.63) is 76.8 Å². The van der Waals surface area contributed by atoms with Gasteiger partial charge in [-0.15, -0.1) is 0 Å². The molecule has 2 aromatic heterocycles. The molecule has 5 rings (SSSR count). The molecule has 8 nitrogen and oxygen atoms in total. The van der Waals surface area contributed by atoms with Crippen molar-refractivity contribution in [2.24, 2.45) is 0 Å². The number of fused-ring (bicyclic) bond motifs is 2. The van der Waals surface area contributed by atoms with Crippen LogP contribution in [-0.2, 0) is 16.1 Å². The van der Waals surface area contributed by atoms with Crippen molar-refractivity contribution in [3.63, 3.8) is 0 Å². The van der Waals surface area contributed by atoms with Crippen LogP contribution in [0.25, 0.3) is 21.7 Å². The van der Waals surface area contributed by atoms with E-state index in [0.717, 1.165) is 22.5 Å². The fourth-order valence-electron chi connectivity index (χ4n) is 4.59. The van der Waals surface area contributed by atoms with Gasteiger partial charge in [0.05, 0.1) is 10.9 Å². The molecule has 0 radical (unpaired) electrons. The van der Waals surface area contributed by atoms with Gasteiger partial charge in [-0.2, -0.15) is 0 Å². The zero-order valence-corrected chi connectivity index (χ0v) is 19.9. The van der Waals surface area contributed by atoms with Crippen molar-refractivity contribution in [3.8, 4) is 0 Å². The third-order valence-corrected chi connectivity index (χ3v) is 7.59. The van der Waals surface area contributed by atoms with E-state index < -0.39 is 17.3 Å². The number of carboxylic acids is 1. The van der Waals surface area contributed by atoms with E-state index in [1.165, 1.54) is 4.90 Å². The van der Waals surface area contributed by atoms with E-state index in [0.29, 0.717) is 47.6 Å². The van der Waals surface area contributed by atoms with Crippen molar-refractivity contribution in [2.75, 3.05) is 6.54 Å². The first kappa shape index (κ1) is 23.0. The number of hydrogen-bond acceptors (Lipinski definition) is 6. The maximum atomic E-state index is 13.7. The van der Waals surface area contributed by atoms with Crippen LogP contribution in [0.5, 0.6) is 0 Å². The number of nitrogens with zero attached hydrogens (tertiary/aromatic N) is 4.